The molecule has 3 rings (SSSR count). The standard InChI is InChI=1S/C16H17ClN4O3S2/c17-13-8-6-12(7-9-13)14(22)19-15-20-21-16(25-15)26(23,24)18-10-11-4-2-1-3-5-11/h4,6-9,18H,1-3,5,10H2,(H,19,20,22). The summed E-state index contributed by atoms with van der Waals surface area (Å²) in [7, 11) is -3.76. The van der Waals surface area contributed by atoms with E-state index in [9.17, 15) is 13.2 Å². The van der Waals surface area contributed by atoms with Crippen LogP contribution in [0.15, 0.2) is 40.3 Å². The quantitative estimate of drug-likeness (QED) is 0.560. The molecule has 10 heteroatoms. The molecule has 1 heterocycles. The van der Waals surface area contributed by atoms with Gasteiger partial charge in [-0.2, -0.15) is 0 Å². The van der Waals surface area contributed by atoms with Crippen molar-refractivity contribution in [2.75, 3.05) is 11.9 Å². The molecule has 0 saturated heterocycles. The van der Waals surface area contributed by atoms with Crippen molar-refractivity contribution in [2.45, 2.75) is 30.0 Å². The second-order valence-electron chi connectivity index (χ2n) is 5.77. The van der Waals surface area contributed by atoms with Crippen molar-refractivity contribution in [3.05, 3.63) is 46.5 Å². The smallest absolute Gasteiger partial charge is 0.270 e. The number of hydrogen-bond donors (Lipinski definition) is 2. The highest BCUT2D eigenvalue weighted by Gasteiger charge is 2.21. The normalized spacial score (nSPS) is 14.7. The molecule has 138 valence electrons. The topological polar surface area (TPSA) is 101 Å². The lowest BCUT2D eigenvalue weighted by Crippen LogP contribution is -2.26. The van der Waals surface area contributed by atoms with E-state index in [1.807, 2.05) is 0 Å². The molecule has 1 aromatic heterocycles. The lowest BCUT2D eigenvalue weighted by molar-refractivity contribution is 0.102. The molecule has 0 fully saturated rings. The largest absolute Gasteiger partial charge is 0.296 e. The Hall–Kier alpha value is -1.81. The van der Waals surface area contributed by atoms with Crippen LogP contribution >= 0.6 is 22.9 Å². The summed E-state index contributed by atoms with van der Waals surface area (Å²) < 4.78 is 27.0. The molecular weight excluding hydrogens is 396 g/mol. The summed E-state index contributed by atoms with van der Waals surface area (Å²) in [5.74, 6) is -0.415. The summed E-state index contributed by atoms with van der Waals surface area (Å²) in [6.45, 7) is 0.272. The molecule has 1 aromatic carbocycles. The third kappa shape index (κ3) is 4.88. The van der Waals surface area contributed by atoms with Crippen molar-refractivity contribution >= 4 is 44.0 Å². The number of sulfonamides is 1. The summed E-state index contributed by atoms with van der Waals surface area (Å²) in [5.41, 5.74) is 1.47. The van der Waals surface area contributed by atoms with Crippen LogP contribution in [0.1, 0.15) is 36.0 Å². The van der Waals surface area contributed by atoms with E-state index in [0.29, 0.717) is 10.6 Å². The minimum absolute atomic E-state index is 0.113. The van der Waals surface area contributed by atoms with Gasteiger partial charge in [-0.3, -0.25) is 10.1 Å². The van der Waals surface area contributed by atoms with Gasteiger partial charge in [-0.1, -0.05) is 34.6 Å². The summed E-state index contributed by atoms with van der Waals surface area (Å²) in [6, 6.07) is 6.32. The van der Waals surface area contributed by atoms with Gasteiger partial charge in [0, 0.05) is 17.1 Å². The Morgan fingerprint density at radius 2 is 1.96 bits per heavy atom. The second kappa shape index (κ2) is 8.26. The molecule has 1 aliphatic rings. The fraction of sp³-hybridized carbons (Fsp3) is 0.312. The number of rotatable bonds is 6. The number of amides is 1. The molecule has 1 amide bonds. The van der Waals surface area contributed by atoms with Gasteiger partial charge in [-0.25, -0.2) is 13.1 Å². The van der Waals surface area contributed by atoms with Crippen molar-refractivity contribution in [1.82, 2.24) is 14.9 Å². The van der Waals surface area contributed by atoms with Crippen molar-refractivity contribution in [2.24, 2.45) is 0 Å². The minimum Gasteiger partial charge on any atom is -0.296 e. The highest BCUT2D eigenvalue weighted by molar-refractivity contribution is 7.91. The highest BCUT2D eigenvalue weighted by Crippen LogP contribution is 2.22. The SMILES string of the molecule is O=C(Nc1nnc(S(=O)(=O)NCC2=CCCCC2)s1)c1ccc(Cl)cc1. The Morgan fingerprint density at radius 1 is 1.19 bits per heavy atom. The average molecular weight is 413 g/mol. The molecule has 0 aliphatic heterocycles. The van der Waals surface area contributed by atoms with Crippen LogP contribution in [0.25, 0.3) is 0 Å². The molecule has 0 spiro atoms. The highest BCUT2D eigenvalue weighted by atomic mass is 35.5. The summed E-state index contributed by atoms with van der Waals surface area (Å²) in [4.78, 5) is 12.1. The van der Waals surface area contributed by atoms with E-state index in [2.05, 4.69) is 26.3 Å². The van der Waals surface area contributed by atoms with Crippen LogP contribution in [0.4, 0.5) is 5.13 Å². The lowest BCUT2D eigenvalue weighted by atomic mass is 10.0. The first kappa shape index (κ1) is 19.0. The second-order valence-corrected chi connectivity index (χ2v) is 9.12. The zero-order valence-corrected chi connectivity index (χ0v) is 16.1. The van der Waals surface area contributed by atoms with Gasteiger partial charge in [-0.15, -0.1) is 10.2 Å². The minimum atomic E-state index is -3.76. The van der Waals surface area contributed by atoms with E-state index in [4.69, 9.17) is 11.6 Å². The fourth-order valence-corrected chi connectivity index (χ4v) is 4.55. The Kier molecular flexibility index (Phi) is 6.02. The van der Waals surface area contributed by atoms with Crippen molar-refractivity contribution in [1.29, 1.82) is 0 Å². The van der Waals surface area contributed by atoms with Crippen LogP contribution in [0.5, 0.6) is 0 Å². The third-order valence-corrected chi connectivity index (χ3v) is 6.70. The van der Waals surface area contributed by atoms with E-state index < -0.39 is 15.9 Å². The summed E-state index contributed by atoms with van der Waals surface area (Å²) in [6.07, 6.45) is 6.18. The van der Waals surface area contributed by atoms with Crippen LogP contribution < -0.4 is 10.0 Å². The predicted octanol–water partition coefficient (Wildman–Crippen LogP) is 3.22. The van der Waals surface area contributed by atoms with Gasteiger partial charge in [0.05, 0.1) is 0 Å². The molecule has 1 aliphatic carbocycles. The lowest BCUT2D eigenvalue weighted by Gasteiger charge is -2.12. The van der Waals surface area contributed by atoms with E-state index >= 15 is 0 Å². The van der Waals surface area contributed by atoms with Crippen LogP contribution in [0.3, 0.4) is 0 Å². The number of benzene rings is 1. The van der Waals surface area contributed by atoms with E-state index in [-0.39, 0.29) is 16.0 Å². The van der Waals surface area contributed by atoms with E-state index in [1.165, 1.54) is 0 Å². The van der Waals surface area contributed by atoms with Gasteiger partial charge in [-0.05, 0) is 49.9 Å². The number of aromatic nitrogens is 2. The van der Waals surface area contributed by atoms with Gasteiger partial charge >= 0.3 is 0 Å². The number of anilines is 1. The molecule has 0 atom stereocenters. The average Bonchev–Trinajstić information content (AvgIpc) is 3.11. The zero-order valence-electron chi connectivity index (χ0n) is 13.7. The number of nitrogens with one attached hydrogen (secondary N) is 2. The number of carbonyl (C=O) groups excluding carboxylic acids is 1. The molecular formula is C16H17ClN4O3S2. The zero-order chi connectivity index (χ0) is 18.6. The Bertz CT molecular complexity index is 923. The van der Waals surface area contributed by atoms with Crippen LogP contribution in [-0.2, 0) is 10.0 Å². The number of hydrogen-bond acceptors (Lipinski definition) is 6. The molecule has 0 saturated carbocycles. The Labute approximate surface area is 160 Å². The third-order valence-electron chi connectivity index (χ3n) is 3.84. The molecule has 26 heavy (non-hydrogen) atoms. The first-order valence-electron chi connectivity index (χ1n) is 8.02. The van der Waals surface area contributed by atoms with Gasteiger partial charge in [0.15, 0.2) is 0 Å². The molecule has 2 N–H and O–H groups in total. The van der Waals surface area contributed by atoms with Crippen molar-refractivity contribution < 1.29 is 13.2 Å². The van der Waals surface area contributed by atoms with Crippen LogP contribution in [-0.4, -0.2) is 31.1 Å². The van der Waals surface area contributed by atoms with Crippen LogP contribution in [0, 0.1) is 0 Å². The maximum absolute atomic E-state index is 12.3. The van der Waals surface area contributed by atoms with E-state index in [1.54, 1.807) is 24.3 Å². The molecule has 0 bridgehead atoms. The number of halogens is 1. The molecule has 0 unspecified atom stereocenters. The molecule has 0 radical (unpaired) electrons. The summed E-state index contributed by atoms with van der Waals surface area (Å²) in [5, 5.41) is 10.6. The number of carbonyl (C=O) groups is 1. The predicted molar refractivity (Wildman–Crippen MR) is 101 cm³/mol. The van der Waals surface area contributed by atoms with Crippen molar-refractivity contribution in [3.63, 3.8) is 0 Å². The maximum Gasteiger partial charge on any atom is 0.270 e. The number of nitrogens with zero attached hydrogens (tertiary/aromatic N) is 2. The Morgan fingerprint density at radius 3 is 2.65 bits per heavy atom. The summed E-state index contributed by atoms with van der Waals surface area (Å²) >= 11 is 6.59. The van der Waals surface area contributed by atoms with Gasteiger partial charge in [0.1, 0.15) is 0 Å². The van der Waals surface area contributed by atoms with E-state index in [0.717, 1.165) is 42.6 Å². The van der Waals surface area contributed by atoms with Gasteiger partial charge in [0.25, 0.3) is 15.9 Å². The van der Waals surface area contributed by atoms with Gasteiger partial charge < -0.3 is 0 Å². The Balaban J connectivity index is 1.63. The first-order valence-corrected chi connectivity index (χ1v) is 10.7. The molecule has 7 nitrogen and oxygen atoms in total. The van der Waals surface area contributed by atoms with Crippen molar-refractivity contribution in [3.8, 4) is 0 Å². The van der Waals surface area contributed by atoms with Crippen LogP contribution in [0.2, 0.25) is 5.02 Å². The fourth-order valence-electron chi connectivity index (χ4n) is 2.45. The monoisotopic (exact) mass is 412 g/mol. The first-order chi connectivity index (χ1) is 12.4. The number of allylic oxidation sites excluding steroid dienone is 1. The molecule has 2 aromatic rings. The van der Waals surface area contributed by atoms with Gasteiger partial charge in [0.2, 0.25) is 9.47 Å². The maximum atomic E-state index is 12.3.